The zero-order chi connectivity index (χ0) is 21.8. The SMILES string of the molecule is O=C(Nc1nonc1C(=NO)Nc1ccc(F)c(Br)c1)c1csc(C2CCNCC2)n1. The summed E-state index contributed by atoms with van der Waals surface area (Å²) >= 11 is 4.53. The number of hydrogen-bond donors (Lipinski definition) is 4. The van der Waals surface area contributed by atoms with E-state index in [1.54, 1.807) is 5.38 Å². The molecule has 0 bridgehead atoms. The van der Waals surface area contributed by atoms with Crippen molar-refractivity contribution in [2.75, 3.05) is 23.7 Å². The maximum absolute atomic E-state index is 13.4. The Kier molecular flexibility index (Phi) is 6.53. The summed E-state index contributed by atoms with van der Waals surface area (Å²) in [5.41, 5.74) is 0.628. The molecule has 10 nitrogen and oxygen atoms in total. The molecule has 2 aromatic heterocycles. The highest BCUT2D eigenvalue weighted by atomic mass is 79.9. The zero-order valence-electron chi connectivity index (χ0n) is 15.9. The van der Waals surface area contributed by atoms with Crippen LogP contribution in [0.3, 0.4) is 0 Å². The molecule has 31 heavy (non-hydrogen) atoms. The van der Waals surface area contributed by atoms with Gasteiger partial charge in [-0.15, -0.1) is 11.3 Å². The van der Waals surface area contributed by atoms with Crippen molar-refractivity contribution in [1.82, 2.24) is 20.6 Å². The number of carbonyl (C=O) groups excluding carboxylic acids is 1. The van der Waals surface area contributed by atoms with E-state index in [2.05, 4.69) is 52.3 Å². The molecule has 0 aliphatic carbocycles. The molecule has 162 valence electrons. The van der Waals surface area contributed by atoms with E-state index < -0.39 is 11.7 Å². The number of hydrogen-bond acceptors (Lipinski definition) is 9. The fraction of sp³-hybridized carbons (Fsp3) is 0.278. The van der Waals surface area contributed by atoms with E-state index in [-0.39, 0.29) is 27.5 Å². The third-order valence-corrected chi connectivity index (χ3v) is 6.29. The van der Waals surface area contributed by atoms with Gasteiger partial charge in [-0.05, 0) is 70.4 Å². The maximum atomic E-state index is 13.4. The van der Waals surface area contributed by atoms with Crippen LogP contribution in [0.1, 0.15) is 39.9 Å². The third kappa shape index (κ3) is 4.89. The Morgan fingerprint density at radius 3 is 2.87 bits per heavy atom. The van der Waals surface area contributed by atoms with Crippen LogP contribution in [0.4, 0.5) is 15.9 Å². The number of benzene rings is 1. The lowest BCUT2D eigenvalue weighted by molar-refractivity contribution is 0.102. The van der Waals surface area contributed by atoms with Crippen LogP contribution < -0.4 is 16.0 Å². The molecule has 1 aliphatic heterocycles. The van der Waals surface area contributed by atoms with Crippen molar-refractivity contribution in [2.24, 2.45) is 5.16 Å². The van der Waals surface area contributed by atoms with E-state index in [1.807, 2.05) is 0 Å². The van der Waals surface area contributed by atoms with Gasteiger partial charge in [0.05, 0.1) is 9.48 Å². The number of aromatic nitrogens is 3. The maximum Gasteiger partial charge on any atom is 0.276 e. The molecule has 1 fully saturated rings. The van der Waals surface area contributed by atoms with Gasteiger partial charge in [0.1, 0.15) is 11.5 Å². The highest BCUT2D eigenvalue weighted by molar-refractivity contribution is 9.10. The molecule has 0 unspecified atom stereocenters. The van der Waals surface area contributed by atoms with Gasteiger partial charge in [0.15, 0.2) is 5.69 Å². The molecule has 0 radical (unpaired) electrons. The summed E-state index contributed by atoms with van der Waals surface area (Å²) in [6.07, 6.45) is 1.96. The van der Waals surface area contributed by atoms with Crippen LogP contribution in [0, 0.1) is 5.82 Å². The van der Waals surface area contributed by atoms with Crippen LogP contribution in [0.25, 0.3) is 0 Å². The average molecular weight is 510 g/mol. The van der Waals surface area contributed by atoms with E-state index >= 15 is 0 Å². The molecule has 3 aromatic rings. The quantitative estimate of drug-likeness (QED) is 0.177. The number of piperidine rings is 1. The molecule has 4 N–H and O–H groups in total. The molecule has 1 amide bonds. The number of rotatable bonds is 5. The Hall–Kier alpha value is -2.90. The molecule has 0 spiro atoms. The largest absolute Gasteiger partial charge is 0.409 e. The molecule has 0 saturated carbocycles. The number of carbonyl (C=O) groups is 1. The van der Waals surface area contributed by atoms with Crippen molar-refractivity contribution < 1.29 is 19.0 Å². The van der Waals surface area contributed by atoms with Crippen molar-refractivity contribution in [3.63, 3.8) is 0 Å². The van der Waals surface area contributed by atoms with Crippen LogP contribution >= 0.6 is 27.3 Å². The highest BCUT2D eigenvalue weighted by Gasteiger charge is 2.23. The van der Waals surface area contributed by atoms with Crippen molar-refractivity contribution in [3.8, 4) is 0 Å². The Morgan fingerprint density at radius 2 is 2.13 bits per heavy atom. The fourth-order valence-corrected chi connectivity index (χ4v) is 4.44. The van der Waals surface area contributed by atoms with Crippen LogP contribution in [-0.2, 0) is 0 Å². The highest BCUT2D eigenvalue weighted by Crippen LogP contribution is 2.28. The number of nitrogens with one attached hydrogen (secondary N) is 3. The number of amides is 1. The van der Waals surface area contributed by atoms with E-state index in [0.717, 1.165) is 30.9 Å². The van der Waals surface area contributed by atoms with Gasteiger partial charge in [-0.1, -0.05) is 5.16 Å². The van der Waals surface area contributed by atoms with Crippen molar-refractivity contribution in [2.45, 2.75) is 18.8 Å². The standard InChI is InChI=1S/C18H17BrFN7O3S/c19-11-7-10(1-2-12(11)20)22-15(25-29)14-16(27-30-26-14)24-17(28)13-8-31-18(23-13)9-3-5-21-6-4-9/h1-2,7-9,21,29H,3-6H2,(H,22,25)(H,24,27,28). The summed E-state index contributed by atoms with van der Waals surface area (Å²) in [7, 11) is 0. The summed E-state index contributed by atoms with van der Waals surface area (Å²) in [5.74, 6) is -0.803. The number of halogens is 2. The molecule has 3 heterocycles. The first-order valence-corrected chi connectivity index (χ1v) is 11.0. The molecule has 0 atom stereocenters. The van der Waals surface area contributed by atoms with E-state index in [4.69, 9.17) is 4.63 Å². The van der Waals surface area contributed by atoms with Gasteiger partial charge < -0.3 is 21.2 Å². The second-order valence-electron chi connectivity index (χ2n) is 6.71. The summed E-state index contributed by atoms with van der Waals surface area (Å²) < 4.78 is 18.4. The molecule has 1 aliphatic rings. The second-order valence-corrected chi connectivity index (χ2v) is 8.46. The second kappa shape index (κ2) is 9.49. The first-order valence-electron chi connectivity index (χ1n) is 9.29. The number of thiazole rings is 1. The molecule has 13 heteroatoms. The monoisotopic (exact) mass is 509 g/mol. The van der Waals surface area contributed by atoms with Gasteiger partial charge in [0.25, 0.3) is 5.91 Å². The zero-order valence-corrected chi connectivity index (χ0v) is 18.3. The van der Waals surface area contributed by atoms with E-state index in [9.17, 15) is 14.4 Å². The minimum absolute atomic E-state index is 0.0369. The minimum Gasteiger partial charge on any atom is -0.409 e. The lowest BCUT2D eigenvalue weighted by atomic mass is 9.99. The average Bonchev–Trinajstić information content (AvgIpc) is 3.45. The summed E-state index contributed by atoms with van der Waals surface area (Å²) in [6, 6.07) is 4.12. The van der Waals surface area contributed by atoms with Crippen LogP contribution in [0.5, 0.6) is 0 Å². The van der Waals surface area contributed by atoms with Gasteiger partial charge in [0.2, 0.25) is 11.7 Å². The fourth-order valence-electron chi connectivity index (χ4n) is 3.09. The number of oxime groups is 1. The van der Waals surface area contributed by atoms with Crippen molar-refractivity contribution in [3.05, 3.63) is 50.3 Å². The Labute approximate surface area is 188 Å². The Balaban J connectivity index is 1.48. The summed E-state index contributed by atoms with van der Waals surface area (Å²) in [4.78, 5) is 17.1. The van der Waals surface area contributed by atoms with E-state index in [1.165, 1.54) is 29.5 Å². The summed E-state index contributed by atoms with van der Waals surface area (Å²) in [5, 5.41) is 31.2. The van der Waals surface area contributed by atoms with E-state index in [0.29, 0.717) is 11.6 Å². The van der Waals surface area contributed by atoms with Gasteiger partial charge in [-0.25, -0.2) is 14.0 Å². The van der Waals surface area contributed by atoms with Crippen LogP contribution in [-0.4, -0.2) is 45.3 Å². The van der Waals surface area contributed by atoms with Gasteiger partial charge >= 0.3 is 0 Å². The summed E-state index contributed by atoms with van der Waals surface area (Å²) in [6.45, 7) is 1.86. The molecule has 4 rings (SSSR count). The van der Waals surface area contributed by atoms with Gasteiger partial charge in [-0.3, -0.25) is 4.79 Å². The van der Waals surface area contributed by atoms with Crippen molar-refractivity contribution in [1.29, 1.82) is 0 Å². The first kappa shape index (κ1) is 21.3. The van der Waals surface area contributed by atoms with Gasteiger partial charge in [0, 0.05) is 17.0 Å². The number of amidine groups is 1. The minimum atomic E-state index is -0.491. The van der Waals surface area contributed by atoms with Crippen LogP contribution in [0.2, 0.25) is 0 Å². The molecular formula is C18H17BrFN7O3S. The number of anilines is 2. The first-order chi connectivity index (χ1) is 15.0. The molecular weight excluding hydrogens is 493 g/mol. The lowest BCUT2D eigenvalue weighted by Crippen LogP contribution is -2.26. The topological polar surface area (TPSA) is 138 Å². The number of nitrogens with zero attached hydrogens (tertiary/aromatic N) is 4. The Bertz CT molecular complexity index is 1110. The van der Waals surface area contributed by atoms with Gasteiger partial charge in [-0.2, -0.15) is 0 Å². The normalized spacial score (nSPS) is 15.1. The van der Waals surface area contributed by atoms with Crippen LogP contribution in [0.15, 0.2) is 37.8 Å². The lowest BCUT2D eigenvalue weighted by Gasteiger charge is -2.20. The third-order valence-electron chi connectivity index (χ3n) is 4.67. The molecule has 1 aromatic carbocycles. The Morgan fingerprint density at radius 1 is 1.32 bits per heavy atom. The van der Waals surface area contributed by atoms with Crippen molar-refractivity contribution >= 4 is 50.5 Å². The predicted molar refractivity (Wildman–Crippen MR) is 115 cm³/mol. The smallest absolute Gasteiger partial charge is 0.276 e. The molecule has 1 saturated heterocycles. The predicted octanol–water partition coefficient (Wildman–Crippen LogP) is 3.39.